The molecule has 1 saturated heterocycles. The van der Waals surface area contributed by atoms with Crippen LogP contribution in [0, 0.1) is 5.41 Å². The first kappa shape index (κ1) is 10.0. The van der Waals surface area contributed by atoms with E-state index in [9.17, 15) is 9.59 Å². The highest BCUT2D eigenvalue weighted by atomic mass is 16.4. The fourth-order valence-electron chi connectivity index (χ4n) is 1.41. The number of carbonyl (C=O) groups excluding carboxylic acids is 1. The van der Waals surface area contributed by atoms with Crippen LogP contribution in [0.25, 0.3) is 0 Å². The van der Waals surface area contributed by atoms with E-state index in [2.05, 4.69) is 0 Å². The van der Waals surface area contributed by atoms with Gasteiger partial charge in [-0.25, -0.2) is 0 Å². The van der Waals surface area contributed by atoms with Crippen LogP contribution in [0.2, 0.25) is 0 Å². The van der Waals surface area contributed by atoms with Gasteiger partial charge in [0, 0.05) is 13.1 Å². The van der Waals surface area contributed by atoms with E-state index < -0.39 is 11.4 Å². The molecule has 0 aromatic heterocycles. The highest BCUT2D eigenvalue weighted by Gasteiger charge is 2.39. The molecular formula is C9H15NO3. The minimum atomic E-state index is -1.27. The summed E-state index contributed by atoms with van der Waals surface area (Å²) < 4.78 is 0. The van der Waals surface area contributed by atoms with Gasteiger partial charge in [-0.2, -0.15) is 0 Å². The molecular weight excluding hydrogens is 170 g/mol. The van der Waals surface area contributed by atoms with Gasteiger partial charge >= 0.3 is 5.97 Å². The summed E-state index contributed by atoms with van der Waals surface area (Å²) in [5.74, 6) is -1.32. The lowest BCUT2D eigenvalue weighted by molar-refractivity contribution is -0.157. The van der Waals surface area contributed by atoms with E-state index in [0.717, 1.165) is 12.8 Å². The van der Waals surface area contributed by atoms with Crippen molar-refractivity contribution < 1.29 is 14.7 Å². The standard InChI is InChI=1S/C9H15NO3/c1-9(2,8(12)13)7(11)10-5-3-4-6-10/h3-6H2,1-2H3,(H,12,13). The second-order valence-electron chi connectivity index (χ2n) is 3.93. The van der Waals surface area contributed by atoms with E-state index in [0.29, 0.717) is 13.1 Å². The second kappa shape index (κ2) is 3.36. The van der Waals surface area contributed by atoms with Crippen LogP contribution in [-0.2, 0) is 9.59 Å². The van der Waals surface area contributed by atoms with Gasteiger partial charge < -0.3 is 10.0 Å². The van der Waals surface area contributed by atoms with Crippen LogP contribution in [0.5, 0.6) is 0 Å². The number of carboxylic acid groups (broad SMARTS) is 1. The molecule has 0 atom stereocenters. The van der Waals surface area contributed by atoms with Gasteiger partial charge in [0.05, 0.1) is 0 Å². The summed E-state index contributed by atoms with van der Waals surface area (Å²) in [5, 5.41) is 8.82. The molecule has 1 aliphatic rings. The number of amides is 1. The average Bonchev–Trinajstić information content (AvgIpc) is 2.54. The Hall–Kier alpha value is -1.06. The zero-order valence-corrected chi connectivity index (χ0v) is 8.04. The van der Waals surface area contributed by atoms with Crippen LogP contribution < -0.4 is 0 Å². The molecule has 74 valence electrons. The lowest BCUT2D eigenvalue weighted by Gasteiger charge is -2.25. The molecule has 4 nitrogen and oxygen atoms in total. The molecule has 0 bridgehead atoms. The first-order valence-electron chi connectivity index (χ1n) is 4.49. The number of carboxylic acids is 1. The van der Waals surface area contributed by atoms with Crippen molar-refractivity contribution >= 4 is 11.9 Å². The van der Waals surface area contributed by atoms with E-state index in [1.54, 1.807) is 4.90 Å². The van der Waals surface area contributed by atoms with Crippen molar-refractivity contribution in [1.29, 1.82) is 0 Å². The van der Waals surface area contributed by atoms with Crippen molar-refractivity contribution in [2.24, 2.45) is 5.41 Å². The first-order valence-corrected chi connectivity index (χ1v) is 4.49. The molecule has 1 fully saturated rings. The lowest BCUT2D eigenvalue weighted by atomic mass is 9.92. The SMILES string of the molecule is CC(C)(C(=O)O)C(=O)N1CCCC1. The van der Waals surface area contributed by atoms with Gasteiger partial charge in [-0.15, -0.1) is 0 Å². The molecule has 0 spiro atoms. The number of hydrogen-bond acceptors (Lipinski definition) is 2. The minimum absolute atomic E-state index is 0.266. The van der Waals surface area contributed by atoms with Gasteiger partial charge in [0.1, 0.15) is 5.41 Å². The third-order valence-corrected chi connectivity index (χ3v) is 2.46. The summed E-state index contributed by atoms with van der Waals surface area (Å²) >= 11 is 0. The molecule has 0 saturated carbocycles. The molecule has 0 aromatic rings. The van der Waals surface area contributed by atoms with E-state index in [4.69, 9.17) is 5.11 Å². The Balaban J connectivity index is 2.70. The van der Waals surface area contributed by atoms with Crippen molar-refractivity contribution in [2.75, 3.05) is 13.1 Å². The number of aliphatic carboxylic acids is 1. The van der Waals surface area contributed by atoms with Gasteiger partial charge in [-0.1, -0.05) is 0 Å². The maximum Gasteiger partial charge on any atom is 0.318 e. The number of rotatable bonds is 2. The summed E-state index contributed by atoms with van der Waals surface area (Å²) in [4.78, 5) is 24.1. The van der Waals surface area contributed by atoms with E-state index >= 15 is 0 Å². The summed E-state index contributed by atoms with van der Waals surface area (Å²) in [6.45, 7) is 4.32. The van der Waals surface area contributed by atoms with E-state index in [1.165, 1.54) is 13.8 Å². The molecule has 1 rings (SSSR count). The zero-order valence-electron chi connectivity index (χ0n) is 8.04. The molecule has 4 heteroatoms. The molecule has 13 heavy (non-hydrogen) atoms. The Morgan fingerprint density at radius 3 is 2.08 bits per heavy atom. The van der Waals surface area contributed by atoms with Gasteiger partial charge in [0.2, 0.25) is 5.91 Å². The van der Waals surface area contributed by atoms with Gasteiger partial charge in [-0.3, -0.25) is 9.59 Å². The van der Waals surface area contributed by atoms with Crippen molar-refractivity contribution in [1.82, 2.24) is 4.90 Å². The summed E-state index contributed by atoms with van der Waals surface area (Å²) in [6, 6.07) is 0. The minimum Gasteiger partial charge on any atom is -0.480 e. The third kappa shape index (κ3) is 1.82. The van der Waals surface area contributed by atoms with Gasteiger partial charge in [0.25, 0.3) is 0 Å². The Bertz CT molecular complexity index is 229. The molecule has 0 aromatic carbocycles. The number of hydrogen-bond donors (Lipinski definition) is 1. The highest BCUT2D eigenvalue weighted by Crippen LogP contribution is 2.22. The zero-order chi connectivity index (χ0) is 10.1. The predicted octanol–water partition coefficient (Wildman–Crippen LogP) is 0.720. The summed E-state index contributed by atoms with van der Waals surface area (Å²) in [6.07, 6.45) is 1.98. The fraction of sp³-hybridized carbons (Fsp3) is 0.778. The van der Waals surface area contributed by atoms with Crippen LogP contribution in [0.15, 0.2) is 0 Å². The Morgan fingerprint density at radius 2 is 1.69 bits per heavy atom. The molecule has 0 aliphatic carbocycles. The Labute approximate surface area is 77.5 Å². The Morgan fingerprint density at radius 1 is 1.23 bits per heavy atom. The summed E-state index contributed by atoms with van der Waals surface area (Å²) in [7, 11) is 0. The van der Waals surface area contributed by atoms with Gasteiger partial charge in [0.15, 0.2) is 0 Å². The van der Waals surface area contributed by atoms with Crippen LogP contribution in [0.4, 0.5) is 0 Å². The van der Waals surface area contributed by atoms with Crippen molar-refractivity contribution in [3.63, 3.8) is 0 Å². The second-order valence-corrected chi connectivity index (χ2v) is 3.93. The third-order valence-electron chi connectivity index (χ3n) is 2.46. The van der Waals surface area contributed by atoms with Crippen molar-refractivity contribution in [3.05, 3.63) is 0 Å². The van der Waals surface area contributed by atoms with Crippen LogP contribution >= 0.6 is 0 Å². The molecule has 1 N–H and O–H groups in total. The molecule has 1 aliphatic heterocycles. The summed E-state index contributed by atoms with van der Waals surface area (Å²) in [5.41, 5.74) is -1.27. The van der Waals surface area contributed by atoms with E-state index in [1.807, 2.05) is 0 Å². The largest absolute Gasteiger partial charge is 0.480 e. The molecule has 1 heterocycles. The lowest BCUT2D eigenvalue weighted by Crippen LogP contribution is -2.43. The molecule has 0 radical (unpaired) electrons. The van der Waals surface area contributed by atoms with Gasteiger partial charge in [-0.05, 0) is 26.7 Å². The number of carbonyl (C=O) groups is 2. The van der Waals surface area contributed by atoms with Crippen molar-refractivity contribution in [3.8, 4) is 0 Å². The maximum atomic E-state index is 11.7. The number of nitrogens with zero attached hydrogens (tertiary/aromatic N) is 1. The van der Waals surface area contributed by atoms with Crippen molar-refractivity contribution in [2.45, 2.75) is 26.7 Å². The van der Waals surface area contributed by atoms with Crippen LogP contribution in [0.1, 0.15) is 26.7 Å². The topological polar surface area (TPSA) is 57.6 Å². The predicted molar refractivity (Wildman–Crippen MR) is 47.2 cm³/mol. The Kier molecular flexibility index (Phi) is 2.59. The quantitative estimate of drug-likeness (QED) is 0.645. The smallest absolute Gasteiger partial charge is 0.318 e. The monoisotopic (exact) mass is 185 g/mol. The molecule has 1 amide bonds. The van der Waals surface area contributed by atoms with E-state index in [-0.39, 0.29) is 5.91 Å². The highest BCUT2D eigenvalue weighted by molar-refractivity contribution is 6.01. The van der Waals surface area contributed by atoms with Crippen LogP contribution in [-0.4, -0.2) is 35.0 Å². The first-order chi connectivity index (χ1) is 5.96. The number of likely N-dealkylation sites (tertiary alicyclic amines) is 1. The molecule has 0 unspecified atom stereocenters. The average molecular weight is 185 g/mol. The normalized spacial score (nSPS) is 17.5. The fourth-order valence-corrected chi connectivity index (χ4v) is 1.41. The van der Waals surface area contributed by atoms with Crippen LogP contribution in [0.3, 0.4) is 0 Å². The maximum absolute atomic E-state index is 11.7.